The summed E-state index contributed by atoms with van der Waals surface area (Å²) >= 11 is 0. The molecule has 0 amide bonds. The summed E-state index contributed by atoms with van der Waals surface area (Å²) in [7, 11) is 0. The predicted molar refractivity (Wildman–Crippen MR) is 204 cm³/mol. The van der Waals surface area contributed by atoms with Gasteiger partial charge in [0.15, 0.2) is 0 Å². The van der Waals surface area contributed by atoms with E-state index >= 15 is 0 Å². The Balaban J connectivity index is 1.32. The Labute approximate surface area is 284 Å². The first kappa shape index (κ1) is 30.9. The Hall–Kier alpha value is -5.76. The summed E-state index contributed by atoms with van der Waals surface area (Å²) in [6, 6.07) is 67.5. The SMILES string of the molecule is CC(NC(/C=C/c1ccccc1)c1ccc(-c2cc(-c3ccccc3)c(-c3ccccc3)cc2-c2ccccc2)cc1)c1ccccc1. The van der Waals surface area contributed by atoms with E-state index in [4.69, 9.17) is 0 Å². The zero-order valence-electron chi connectivity index (χ0n) is 27.2. The van der Waals surface area contributed by atoms with E-state index in [2.05, 4.69) is 212 Å². The van der Waals surface area contributed by atoms with E-state index in [1.165, 1.54) is 61.2 Å². The van der Waals surface area contributed by atoms with Gasteiger partial charge in [-0.1, -0.05) is 188 Å². The highest BCUT2D eigenvalue weighted by atomic mass is 14.9. The molecule has 1 heteroatoms. The van der Waals surface area contributed by atoms with Gasteiger partial charge < -0.3 is 5.32 Å². The summed E-state index contributed by atoms with van der Waals surface area (Å²) in [6.07, 6.45) is 4.49. The first-order valence-electron chi connectivity index (χ1n) is 16.7. The zero-order chi connectivity index (χ0) is 32.5. The van der Waals surface area contributed by atoms with Crippen LogP contribution in [0.25, 0.3) is 50.6 Å². The second kappa shape index (κ2) is 14.8. The number of benzene rings is 7. The van der Waals surface area contributed by atoms with Crippen molar-refractivity contribution in [3.8, 4) is 44.5 Å². The molecule has 0 aliphatic carbocycles. The highest BCUT2D eigenvalue weighted by Gasteiger charge is 2.18. The molecule has 0 spiro atoms. The average Bonchev–Trinajstić information content (AvgIpc) is 3.18. The Kier molecular flexibility index (Phi) is 9.50. The lowest BCUT2D eigenvalue weighted by molar-refractivity contribution is 0.528. The molecule has 7 aromatic rings. The highest BCUT2D eigenvalue weighted by molar-refractivity contribution is 5.95. The van der Waals surface area contributed by atoms with E-state index in [9.17, 15) is 0 Å². The van der Waals surface area contributed by atoms with Crippen molar-refractivity contribution in [2.45, 2.75) is 19.0 Å². The van der Waals surface area contributed by atoms with E-state index in [0.29, 0.717) is 0 Å². The average molecular weight is 618 g/mol. The van der Waals surface area contributed by atoms with Crippen LogP contribution in [0.15, 0.2) is 194 Å². The van der Waals surface area contributed by atoms with Crippen LogP contribution in [-0.2, 0) is 0 Å². The standard InChI is InChI=1S/C47H39N/c1-35(37-19-9-3-10-20-37)48-47(32-27-36-17-7-2-8-18-36)42-30-28-41(29-31-42)46-34-44(39-23-13-5-14-24-39)43(38-21-11-4-12-22-38)33-45(46)40-25-15-6-16-26-40/h2-35,47-48H,1H3/b32-27+. The van der Waals surface area contributed by atoms with Crippen molar-refractivity contribution in [3.05, 3.63) is 211 Å². The van der Waals surface area contributed by atoms with Crippen LogP contribution in [0.4, 0.5) is 0 Å². The minimum atomic E-state index is 0.0309. The van der Waals surface area contributed by atoms with Crippen molar-refractivity contribution in [2.24, 2.45) is 0 Å². The summed E-state index contributed by atoms with van der Waals surface area (Å²) in [6.45, 7) is 2.23. The number of nitrogens with one attached hydrogen (secondary N) is 1. The summed E-state index contributed by atoms with van der Waals surface area (Å²) in [5.74, 6) is 0. The molecule has 1 nitrogen and oxygen atoms in total. The molecule has 232 valence electrons. The molecule has 0 saturated heterocycles. The smallest absolute Gasteiger partial charge is 0.0514 e. The molecule has 0 bridgehead atoms. The van der Waals surface area contributed by atoms with Gasteiger partial charge in [-0.25, -0.2) is 0 Å². The van der Waals surface area contributed by atoms with Crippen LogP contribution in [0.5, 0.6) is 0 Å². The third-order valence-electron chi connectivity index (χ3n) is 9.00. The van der Waals surface area contributed by atoms with E-state index in [1.54, 1.807) is 0 Å². The summed E-state index contributed by atoms with van der Waals surface area (Å²) in [5, 5.41) is 3.89. The van der Waals surface area contributed by atoms with Crippen LogP contribution in [0.1, 0.15) is 35.7 Å². The van der Waals surface area contributed by atoms with Crippen molar-refractivity contribution < 1.29 is 0 Å². The fraction of sp³-hybridized carbons (Fsp3) is 0.0638. The highest BCUT2D eigenvalue weighted by Crippen LogP contribution is 2.42. The molecule has 0 fully saturated rings. The Bertz CT molecular complexity index is 2070. The minimum absolute atomic E-state index is 0.0309. The van der Waals surface area contributed by atoms with Gasteiger partial charge in [-0.15, -0.1) is 0 Å². The van der Waals surface area contributed by atoms with Crippen LogP contribution in [0.2, 0.25) is 0 Å². The summed E-state index contributed by atoms with van der Waals surface area (Å²) in [4.78, 5) is 0. The van der Waals surface area contributed by atoms with Gasteiger partial charge in [0.1, 0.15) is 0 Å². The third-order valence-corrected chi connectivity index (χ3v) is 9.00. The lowest BCUT2D eigenvalue weighted by Crippen LogP contribution is -2.23. The molecule has 1 N–H and O–H groups in total. The first-order chi connectivity index (χ1) is 23.7. The fourth-order valence-corrected chi connectivity index (χ4v) is 6.42. The first-order valence-corrected chi connectivity index (χ1v) is 16.7. The number of hydrogen-bond donors (Lipinski definition) is 1. The van der Waals surface area contributed by atoms with Crippen LogP contribution < -0.4 is 5.32 Å². The second-order valence-electron chi connectivity index (χ2n) is 12.2. The Morgan fingerprint density at radius 3 is 1.21 bits per heavy atom. The van der Waals surface area contributed by atoms with Crippen molar-refractivity contribution in [1.29, 1.82) is 0 Å². The van der Waals surface area contributed by atoms with E-state index in [0.717, 1.165) is 0 Å². The van der Waals surface area contributed by atoms with Crippen molar-refractivity contribution in [2.75, 3.05) is 0 Å². The van der Waals surface area contributed by atoms with Crippen molar-refractivity contribution >= 4 is 6.08 Å². The van der Waals surface area contributed by atoms with Gasteiger partial charge in [-0.3, -0.25) is 0 Å². The van der Waals surface area contributed by atoms with Gasteiger partial charge in [0.05, 0.1) is 6.04 Å². The minimum Gasteiger partial charge on any atom is -0.300 e. The van der Waals surface area contributed by atoms with Crippen LogP contribution >= 0.6 is 0 Å². The molecule has 0 heterocycles. The Morgan fingerprint density at radius 1 is 0.396 bits per heavy atom. The zero-order valence-corrected chi connectivity index (χ0v) is 27.2. The molecular formula is C47H39N. The quantitative estimate of drug-likeness (QED) is 0.161. The lowest BCUT2D eigenvalue weighted by atomic mass is 9.85. The molecule has 0 aliphatic heterocycles. The predicted octanol–water partition coefficient (Wildman–Crippen LogP) is 12.5. The van der Waals surface area contributed by atoms with Crippen LogP contribution in [-0.4, -0.2) is 0 Å². The molecule has 2 atom stereocenters. The van der Waals surface area contributed by atoms with Crippen LogP contribution in [0, 0.1) is 0 Å². The van der Waals surface area contributed by atoms with Crippen LogP contribution in [0.3, 0.4) is 0 Å². The number of rotatable bonds is 10. The van der Waals surface area contributed by atoms with E-state index < -0.39 is 0 Å². The molecule has 0 saturated carbocycles. The van der Waals surface area contributed by atoms with Gasteiger partial charge in [0.25, 0.3) is 0 Å². The lowest BCUT2D eigenvalue weighted by Gasteiger charge is -2.23. The van der Waals surface area contributed by atoms with E-state index in [1.807, 2.05) is 0 Å². The monoisotopic (exact) mass is 617 g/mol. The van der Waals surface area contributed by atoms with Gasteiger partial charge in [0.2, 0.25) is 0 Å². The molecule has 0 radical (unpaired) electrons. The largest absolute Gasteiger partial charge is 0.300 e. The molecular weight excluding hydrogens is 579 g/mol. The van der Waals surface area contributed by atoms with Crippen molar-refractivity contribution in [3.63, 3.8) is 0 Å². The van der Waals surface area contributed by atoms with Gasteiger partial charge in [0, 0.05) is 6.04 Å². The molecule has 7 rings (SSSR count). The number of hydrogen-bond acceptors (Lipinski definition) is 1. The fourth-order valence-electron chi connectivity index (χ4n) is 6.42. The molecule has 7 aromatic carbocycles. The maximum atomic E-state index is 3.89. The molecule has 0 aromatic heterocycles. The van der Waals surface area contributed by atoms with Gasteiger partial charge in [-0.05, 0) is 80.3 Å². The summed E-state index contributed by atoms with van der Waals surface area (Å²) < 4.78 is 0. The second-order valence-corrected chi connectivity index (χ2v) is 12.2. The molecule has 0 aliphatic rings. The Morgan fingerprint density at radius 2 is 0.771 bits per heavy atom. The molecule has 2 unspecified atom stereocenters. The molecule has 48 heavy (non-hydrogen) atoms. The topological polar surface area (TPSA) is 12.0 Å². The van der Waals surface area contributed by atoms with Gasteiger partial charge in [-0.2, -0.15) is 0 Å². The van der Waals surface area contributed by atoms with E-state index in [-0.39, 0.29) is 12.1 Å². The summed E-state index contributed by atoms with van der Waals surface area (Å²) in [5.41, 5.74) is 13.4. The normalized spacial score (nSPS) is 12.5. The maximum Gasteiger partial charge on any atom is 0.0514 e. The third kappa shape index (κ3) is 7.13. The van der Waals surface area contributed by atoms with Gasteiger partial charge >= 0.3 is 0 Å². The van der Waals surface area contributed by atoms with Crippen molar-refractivity contribution in [1.82, 2.24) is 5.32 Å². The maximum absolute atomic E-state index is 3.89.